The van der Waals surface area contributed by atoms with Crippen molar-refractivity contribution >= 4 is 9.73 Å². The normalized spacial score (nSPS) is 14.1. The zero-order valence-electron chi connectivity index (χ0n) is 11.2. The Hall–Kier alpha value is -1.68. The molecule has 0 aliphatic carbocycles. The highest BCUT2D eigenvalue weighted by atomic mass is 32.2. The Morgan fingerprint density at radius 2 is 1.79 bits per heavy atom. The maximum absolute atomic E-state index is 13.1. The molecular formula is C15H18N2OS. The molecule has 0 amide bonds. The monoisotopic (exact) mass is 274 g/mol. The van der Waals surface area contributed by atoms with Gasteiger partial charge in [0.05, 0.1) is 22.0 Å². The first-order valence-corrected chi connectivity index (χ1v) is 7.87. The molecule has 0 aliphatic heterocycles. The highest BCUT2D eigenvalue weighted by molar-refractivity contribution is 7.94. The van der Waals surface area contributed by atoms with E-state index in [0.29, 0.717) is 6.54 Å². The van der Waals surface area contributed by atoms with Crippen LogP contribution in [0.4, 0.5) is 0 Å². The molecule has 1 atom stereocenters. The predicted octanol–water partition coefficient (Wildman–Crippen LogP) is 3.52. The summed E-state index contributed by atoms with van der Waals surface area (Å²) in [5, 5.41) is -0.0291. The highest BCUT2D eigenvalue weighted by Crippen LogP contribution is 2.19. The van der Waals surface area contributed by atoms with Gasteiger partial charge in [-0.15, -0.1) is 0 Å². The maximum Gasteiger partial charge on any atom is 0.0909 e. The van der Waals surface area contributed by atoms with Crippen LogP contribution in [0.15, 0.2) is 64.0 Å². The van der Waals surface area contributed by atoms with Crippen LogP contribution in [0.2, 0.25) is 0 Å². The topological polar surface area (TPSA) is 42.3 Å². The van der Waals surface area contributed by atoms with Crippen molar-refractivity contribution in [1.82, 2.24) is 4.98 Å². The van der Waals surface area contributed by atoms with Gasteiger partial charge < -0.3 is 0 Å². The second-order valence-electron chi connectivity index (χ2n) is 4.54. The van der Waals surface area contributed by atoms with Gasteiger partial charge in [0, 0.05) is 16.3 Å². The lowest BCUT2D eigenvalue weighted by atomic mass is 10.4. The molecule has 19 heavy (non-hydrogen) atoms. The first-order chi connectivity index (χ1) is 9.13. The zero-order chi connectivity index (χ0) is 13.7. The molecule has 0 saturated carbocycles. The summed E-state index contributed by atoms with van der Waals surface area (Å²) in [6.45, 7) is 4.27. The molecule has 1 unspecified atom stereocenters. The van der Waals surface area contributed by atoms with Crippen molar-refractivity contribution < 1.29 is 4.21 Å². The SMILES string of the molecule is CC(C)S(=O)(=NCc1ccccn1)c1ccccc1. The zero-order valence-corrected chi connectivity index (χ0v) is 12.0. The van der Waals surface area contributed by atoms with E-state index < -0.39 is 9.73 Å². The van der Waals surface area contributed by atoms with Crippen LogP contribution >= 0.6 is 0 Å². The third-order valence-corrected chi connectivity index (χ3v) is 5.60. The smallest absolute Gasteiger partial charge is 0.0909 e. The Kier molecular flexibility index (Phi) is 4.32. The van der Waals surface area contributed by atoms with Crippen LogP contribution < -0.4 is 0 Å². The molecule has 1 aromatic heterocycles. The van der Waals surface area contributed by atoms with Crippen LogP contribution in [0, 0.1) is 0 Å². The quantitative estimate of drug-likeness (QED) is 0.856. The number of aromatic nitrogens is 1. The van der Waals surface area contributed by atoms with Gasteiger partial charge in [-0.3, -0.25) is 4.98 Å². The first kappa shape index (κ1) is 13.7. The Labute approximate surface area is 114 Å². The van der Waals surface area contributed by atoms with Crippen LogP contribution in [-0.2, 0) is 16.3 Å². The molecule has 0 spiro atoms. The molecule has 0 aliphatic rings. The van der Waals surface area contributed by atoms with Gasteiger partial charge >= 0.3 is 0 Å². The lowest BCUT2D eigenvalue weighted by Gasteiger charge is -2.14. The fourth-order valence-corrected chi connectivity index (χ4v) is 3.63. The van der Waals surface area contributed by atoms with E-state index >= 15 is 0 Å². The Balaban J connectivity index is 2.38. The van der Waals surface area contributed by atoms with E-state index in [-0.39, 0.29) is 5.25 Å². The molecule has 0 N–H and O–H groups in total. The fraction of sp³-hybridized carbons (Fsp3) is 0.267. The Morgan fingerprint density at radius 1 is 1.11 bits per heavy atom. The van der Waals surface area contributed by atoms with Gasteiger partial charge in [0.1, 0.15) is 0 Å². The van der Waals surface area contributed by atoms with E-state index in [1.807, 2.05) is 62.4 Å². The molecule has 1 aromatic carbocycles. The van der Waals surface area contributed by atoms with Crippen molar-refractivity contribution in [3.63, 3.8) is 0 Å². The van der Waals surface area contributed by atoms with Crippen molar-refractivity contribution in [3.8, 4) is 0 Å². The van der Waals surface area contributed by atoms with Gasteiger partial charge in [0.25, 0.3) is 0 Å². The summed E-state index contributed by atoms with van der Waals surface area (Å²) in [6, 6.07) is 15.1. The van der Waals surface area contributed by atoms with Gasteiger partial charge in [-0.1, -0.05) is 24.3 Å². The van der Waals surface area contributed by atoms with Gasteiger partial charge in [-0.25, -0.2) is 8.57 Å². The van der Waals surface area contributed by atoms with Crippen molar-refractivity contribution in [2.75, 3.05) is 0 Å². The van der Waals surface area contributed by atoms with Crippen molar-refractivity contribution in [1.29, 1.82) is 0 Å². The molecule has 3 nitrogen and oxygen atoms in total. The summed E-state index contributed by atoms with van der Waals surface area (Å²) in [6.07, 6.45) is 1.73. The van der Waals surface area contributed by atoms with E-state index in [9.17, 15) is 4.21 Å². The lowest BCUT2D eigenvalue weighted by molar-refractivity contribution is 0.666. The van der Waals surface area contributed by atoms with Crippen LogP contribution in [0.5, 0.6) is 0 Å². The number of rotatable bonds is 4. The minimum absolute atomic E-state index is 0.0291. The fourth-order valence-electron chi connectivity index (χ4n) is 1.76. The van der Waals surface area contributed by atoms with Crippen LogP contribution in [-0.4, -0.2) is 14.4 Å². The summed E-state index contributed by atoms with van der Waals surface area (Å²) in [5.41, 5.74) is 0.840. The standard InChI is InChI=1S/C15H18N2OS/c1-13(2)19(18,15-9-4-3-5-10-15)17-12-14-8-6-7-11-16-14/h3-11,13H,12H2,1-2H3. The molecule has 0 radical (unpaired) electrons. The van der Waals surface area contributed by atoms with E-state index in [2.05, 4.69) is 9.35 Å². The summed E-state index contributed by atoms with van der Waals surface area (Å²) in [4.78, 5) is 5.01. The van der Waals surface area contributed by atoms with E-state index in [0.717, 1.165) is 10.6 Å². The third kappa shape index (κ3) is 3.20. The average Bonchev–Trinajstić information content (AvgIpc) is 2.46. The van der Waals surface area contributed by atoms with E-state index in [4.69, 9.17) is 0 Å². The van der Waals surface area contributed by atoms with Gasteiger partial charge in [0.15, 0.2) is 0 Å². The Bertz CT molecular complexity index is 630. The lowest BCUT2D eigenvalue weighted by Crippen LogP contribution is -2.14. The minimum Gasteiger partial charge on any atom is -0.259 e. The van der Waals surface area contributed by atoms with Gasteiger partial charge in [-0.2, -0.15) is 0 Å². The number of benzene rings is 1. The second kappa shape index (κ2) is 5.97. The number of hydrogen-bond acceptors (Lipinski definition) is 3. The average molecular weight is 274 g/mol. The largest absolute Gasteiger partial charge is 0.259 e. The van der Waals surface area contributed by atoms with Crippen molar-refractivity contribution in [2.45, 2.75) is 30.5 Å². The van der Waals surface area contributed by atoms with Crippen LogP contribution in [0.1, 0.15) is 19.5 Å². The molecule has 2 aromatic rings. The number of nitrogens with zero attached hydrogens (tertiary/aromatic N) is 2. The van der Waals surface area contributed by atoms with E-state index in [1.54, 1.807) is 6.20 Å². The third-order valence-electron chi connectivity index (χ3n) is 2.86. The molecule has 0 bridgehead atoms. The molecule has 0 fully saturated rings. The molecule has 2 rings (SSSR count). The van der Waals surface area contributed by atoms with Crippen LogP contribution in [0.3, 0.4) is 0 Å². The summed E-state index contributed by atoms with van der Waals surface area (Å²) in [7, 11) is -2.40. The van der Waals surface area contributed by atoms with Gasteiger partial charge in [0.2, 0.25) is 0 Å². The van der Waals surface area contributed by atoms with Crippen molar-refractivity contribution in [3.05, 3.63) is 60.4 Å². The van der Waals surface area contributed by atoms with E-state index in [1.165, 1.54) is 0 Å². The molecular weight excluding hydrogens is 256 g/mol. The van der Waals surface area contributed by atoms with Crippen LogP contribution in [0.25, 0.3) is 0 Å². The molecule has 1 heterocycles. The number of hydrogen-bond donors (Lipinski definition) is 0. The maximum atomic E-state index is 13.1. The molecule has 0 saturated heterocycles. The summed E-state index contributed by atoms with van der Waals surface area (Å²) in [5.74, 6) is 0. The van der Waals surface area contributed by atoms with Crippen molar-refractivity contribution in [2.24, 2.45) is 4.36 Å². The highest BCUT2D eigenvalue weighted by Gasteiger charge is 2.16. The second-order valence-corrected chi connectivity index (χ2v) is 7.35. The first-order valence-electron chi connectivity index (χ1n) is 6.29. The number of pyridine rings is 1. The van der Waals surface area contributed by atoms with Gasteiger partial charge in [-0.05, 0) is 38.1 Å². The summed E-state index contributed by atoms with van der Waals surface area (Å²) < 4.78 is 17.5. The summed E-state index contributed by atoms with van der Waals surface area (Å²) >= 11 is 0. The Morgan fingerprint density at radius 3 is 2.37 bits per heavy atom. The molecule has 4 heteroatoms. The molecule has 100 valence electrons. The predicted molar refractivity (Wildman–Crippen MR) is 78.4 cm³/mol. The minimum atomic E-state index is -2.40.